The number of carbonyl (C=O) groups excluding carboxylic acids is 1. The van der Waals surface area contributed by atoms with Gasteiger partial charge >= 0.3 is 0 Å². The monoisotopic (exact) mass is 282 g/mol. The predicted octanol–water partition coefficient (Wildman–Crippen LogP) is 1.71. The Balaban J connectivity index is 1.77. The first-order valence-corrected chi connectivity index (χ1v) is 6.87. The van der Waals surface area contributed by atoms with Crippen LogP contribution in [0.5, 0.6) is 5.75 Å². The minimum absolute atomic E-state index is 0.0770. The van der Waals surface area contributed by atoms with Crippen LogP contribution >= 0.6 is 11.6 Å². The Labute approximate surface area is 118 Å². The third kappa shape index (κ3) is 3.61. The van der Waals surface area contributed by atoms with Crippen molar-refractivity contribution >= 4 is 17.5 Å². The minimum Gasteiger partial charge on any atom is -0.488 e. The van der Waals surface area contributed by atoms with Crippen molar-refractivity contribution in [2.45, 2.75) is 19.4 Å². The van der Waals surface area contributed by atoms with E-state index in [1.165, 1.54) is 0 Å². The third-order valence-corrected chi connectivity index (χ3v) is 3.55. The van der Waals surface area contributed by atoms with E-state index in [-0.39, 0.29) is 12.0 Å². The van der Waals surface area contributed by atoms with E-state index in [0.717, 1.165) is 29.3 Å². The minimum atomic E-state index is 0.0770. The lowest BCUT2D eigenvalue weighted by atomic mass is 10.1. The number of rotatable bonds is 5. The van der Waals surface area contributed by atoms with E-state index in [4.69, 9.17) is 16.3 Å². The van der Waals surface area contributed by atoms with Crippen molar-refractivity contribution in [2.24, 2.45) is 0 Å². The first-order chi connectivity index (χ1) is 9.10. The molecule has 1 amide bonds. The zero-order valence-corrected chi connectivity index (χ0v) is 12.0. The number of likely N-dealkylation sites (N-methyl/N-ethyl adjacent to an activating group) is 1. The number of amides is 1. The Morgan fingerprint density at radius 1 is 1.58 bits per heavy atom. The lowest BCUT2D eigenvalue weighted by Gasteiger charge is -2.16. The van der Waals surface area contributed by atoms with Crippen LogP contribution in [0.2, 0.25) is 5.02 Å². The van der Waals surface area contributed by atoms with Crippen molar-refractivity contribution in [3.63, 3.8) is 0 Å². The standard InChI is InChI=1S/C14H19ClN2O2/c1-3-17(2)14(18)9-16-8-12-7-10-6-11(15)4-5-13(10)19-12/h4-6,12,16H,3,7-9H2,1-2H3. The summed E-state index contributed by atoms with van der Waals surface area (Å²) < 4.78 is 5.78. The molecule has 1 aromatic rings. The van der Waals surface area contributed by atoms with Gasteiger partial charge in [0.25, 0.3) is 0 Å². The van der Waals surface area contributed by atoms with E-state index in [1.54, 1.807) is 11.9 Å². The molecule has 5 heteroatoms. The summed E-state index contributed by atoms with van der Waals surface area (Å²) in [5, 5.41) is 3.87. The summed E-state index contributed by atoms with van der Waals surface area (Å²) in [5.41, 5.74) is 1.14. The van der Waals surface area contributed by atoms with Crippen molar-refractivity contribution in [3.05, 3.63) is 28.8 Å². The van der Waals surface area contributed by atoms with Gasteiger partial charge in [0.2, 0.25) is 5.91 Å². The topological polar surface area (TPSA) is 41.6 Å². The fraction of sp³-hybridized carbons (Fsp3) is 0.500. The van der Waals surface area contributed by atoms with Gasteiger partial charge in [0.15, 0.2) is 0 Å². The summed E-state index contributed by atoms with van der Waals surface area (Å²) in [6.45, 7) is 3.69. The molecule has 0 saturated carbocycles. The molecule has 2 rings (SSSR count). The maximum absolute atomic E-state index is 11.6. The number of halogens is 1. The molecule has 1 aliphatic rings. The van der Waals surface area contributed by atoms with Crippen molar-refractivity contribution in [1.29, 1.82) is 0 Å². The average Bonchev–Trinajstić information content (AvgIpc) is 2.79. The second-order valence-corrected chi connectivity index (χ2v) is 5.17. The molecular formula is C14H19ClN2O2. The van der Waals surface area contributed by atoms with Gasteiger partial charge in [0.1, 0.15) is 11.9 Å². The highest BCUT2D eigenvalue weighted by Crippen LogP contribution is 2.30. The lowest BCUT2D eigenvalue weighted by molar-refractivity contribution is -0.128. The molecule has 0 fully saturated rings. The van der Waals surface area contributed by atoms with Crippen LogP contribution in [0.3, 0.4) is 0 Å². The van der Waals surface area contributed by atoms with Gasteiger partial charge in [-0.2, -0.15) is 0 Å². The van der Waals surface area contributed by atoms with Crippen LogP contribution in [0.1, 0.15) is 12.5 Å². The van der Waals surface area contributed by atoms with Crippen LogP contribution in [-0.2, 0) is 11.2 Å². The van der Waals surface area contributed by atoms with Gasteiger partial charge in [0, 0.05) is 31.6 Å². The fourth-order valence-electron chi connectivity index (χ4n) is 2.05. The van der Waals surface area contributed by atoms with Crippen LogP contribution in [-0.4, -0.2) is 43.6 Å². The summed E-state index contributed by atoms with van der Waals surface area (Å²) in [6, 6.07) is 5.66. The van der Waals surface area contributed by atoms with Crippen molar-refractivity contribution in [3.8, 4) is 5.75 Å². The van der Waals surface area contributed by atoms with E-state index >= 15 is 0 Å². The van der Waals surface area contributed by atoms with Crippen LogP contribution in [0, 0.1) is 0 Å². The molecule has 104 valence electrons. The van der Waals surface area contributed by atoms with E-state index < -0.39 is 0 Å². The molecule has 1 aliphatic heterocycles. The van der Waals surface area contributed by atoms with Crippen LogP contribution in [0.15, 0.2) is 18.2 Å². The molecule has 1 unspecified atom stereocenters. The molecule has 1 N–H and O–H groups in total. The zero-order valence-electron chi connectivity index (χ0n) is 11.3. The highest BCUT2D eigenvalue weighted by molar-refractivity contribution is 6.30. The van der Waals surface area contributed by atoms with Gasteiger partial charge in [-0.25, -0.2) is 0 Å². The summed E-state index contributed by atoms with van der Waals surface area (Å²) in [5.74, 6) is 0.995. The van der Waals surface area contributed by atoms with E-state index in [0.29, 0.717) is 13.1 Å². The van der Waals surface area contributed by atoms with Gasteiger partial charge in [-0.05, 0) is 30.7 Å². The second kappa shape index (κ2) is 6.26. The quantitative estimate of drug-likeness (QED) is 0.894. The van der Waals surface area contributed by atoms with Gasteiger partial charge in [-0.15, -0.1) is 0 Å². The molecule has 1 aromatic carbocycles. The highest BCUT2D eigenvalue weighted by atomic mass is 35.5. The van der Waals surface area contributed by atoms with Crippen molar-refractivity contribution in [2.75, 3.05) is 26.7 Å². The number of carbonyl (C=O) groups is 1. The SMILES string of the molecule is CCN(C)C(=O)CNCC1Cc2cc(Cl)ccc2O1. The highest BCUT2D eigenvalue weighted by Gasteiger charge is 2.22. The van der Waals surface area contributed by atoms with Crippen LogP contribution in [0.4, 0.5) is 0 Å². The van der Waals surface area contributed by atoms with E-state index in [9.17, 15) is 4.79 Å². The normalized spacial score (nSPS) is 16.9. The number of nitrogens with zero attached hydrogens (tertiary/aromatic N) is 1. The molecule has 0 spiro atoms. The Morgan fingerprint density at radius 3 is 3.11 bits per heavy atom. The van der Waals surface area contributed by atoms with Gasteiger partial charge in [-0.3, -0.25) is 4.79 Å². The number of hydrogen-bond acceptors (Lipinski definition) is 3. The number of hydrogen-bond donors (Lipinski definition) is 1. The number of benzene rings is 1. The Bertz CT molecular complexity index is 465. The summed E-state index contributed by atoms with van der Waals surface area (Å²) in [7, 11) is 1.80. The number of nitrogens with one attached hydrogen (secondary N) is 1. The Kier molecular flexibility index (Phi) is 4.66. The van der Waals surface area contributed by atoms with Crippen LogP contribution in [0.25, 0.3) is 0 Å². The molecule has 1 heterocycles. The molecule has 0 aliphatic carbocycles. The van der Waals surface area contributed by atoms with E-state index in [2.05, 4.69) is 5.32 Å². The molecule has 0 saturated heterocycles. The molecule has 19 heavy (non-hydrogen) atoms. The lowest BCUT2D eigenvalue weighted by Crippen LogP contribution is -2.39. The molecular weight excluding hydrogens is 264 g/mol. The van der Waals surface area contributed by atoms with E-state index in [1.807, 2.05) is 25.1 Å². The third-order valence-electron chi connectivity index (χ3n) is 3.31. The van der Waals surface area contributed by atoms with Gasteiger partial charge < -0.3 is 15.0 Å². The number of fused-ring (bicyclic) bond motifs is 1. The first kappa shape index (κ1) is 14.2. The predicted molar refractivity (Wildman–Crippen MR) is 75.8 cm³/mol. The molecule has 4 nitrogen and oxygen atoms in total. The van der Waals surface area contributed by atoms with Crippen LogP contribution < -0.4 is 10.1 Å². The molecule has 1 atom stereocenters. The van der Waals surface area contributed by atoms with Crippen molar-refractivity contribution < 1.29 is 9.53 Å². The first-order valence-electron chi connectivity index (χ1n) is 6.50. The summed E-state index contributed by atoms with van der Waals surface area (Å²) in [4.78, 5) is 13.3. The second-order valence-electron chi connectivity index (χ2n) is 4.73. The summed E-state index contributed by atoms with van der Waals surface area (Å²) in [6.07, 6.45) is 0.911. The maximum Gasteiger partial charge on any atom is 0.236 e. The molecule has 0 radical (unpaired) electrons. The van der Waals surface area contributed by atoms with Crippen molar-refractivity contribution in [1.82, 2.24) is 10.2 Å². The fourth-order valence-corrected chi connectivity index (χ4v) is 2.25. The number of ether oxygens (including phenoxy) is 1. The van der Waals surface area contributed by atoms with Gasteiger partial charge in [-0.1, -0.05) is 11.6 Å². The zero-order chi connectivity index (χ0) is 13.8. The van der Waals surface area contributed by atoms with Gasteiger partial charge in [0.05, 0.1) is 6.54 Å². The largest absolute Gasteiger partial charge is 0.488 e. The smallest absolute Gasteiger partial charge is 0.236 e. The average molecular weight is 283 g/mol. The Hall–Kier alpha value is -1.26. The maximum atomic E-state index is 11.6. The Morgan fingerprint density at radius 2 is 2.37 bits per heavy atom. The molecule has 0 aromatic heterocycles. The molecule has 0 bridgehead atoms. The summed E-state index contributed by atoms with van der Waals surface area (Å²) >= 11 is 5.95.